The van der Waals surface area contributed by atoms with Gasteiger partial charge in [0, 0.05) is 30.7 Å². The maximum atomic E-state index is 6.37. The number of nitrogens with zero attached hydrogens (tertiary/aromatic N) is 4. The number of fused-ring (bicyclic) bond motifs is 1. The number of halogens is 1. The lowest BCUT2D eigenvalue weighted by Gasteiger charge is -2.32. The zero-order valence-electron chi connectivity index (χ0n) is 15.2. The number of hydrogen-bond acceptors (Lipinski definition) is 4. The summed E-state index contributed by atoms with van der Waals surface area (Å²) in [6.07, 6.45) is 0.137. The number of aromatic nitrogens is 3. The van der Waals surface area contributed by atoms with E-state index in [1.54, 1.807) is 0 Å². The molecule has 1 saturated heterocycles. The van der Waals surface area contributed by atoms with Crippen molar-refractivity contribution in [3.63, 3.8) is 0 Å². The third-order valence-electron chi connectivity index (χ3n) is 4.84. The summed E-state index contributed by atoms with van der Waals surface area (Å²) in [6.45, 7) is 8.16. The fourth-order valence-corrected chi connectivity index (χ4v) is 3.89. The topological polar surface area (TPSA) is 43.2 Å². The van der Waals surface area contributed by atoms with Gasteiger partial charge in [-0.25, -0.2) is 4.98 Å². The molecular weight excluding hydrogens is 348 g/mol. The Hall–Kier alpha value is -1.95. The molecular formula is C20H23ClN4O. The number of aryl methyl sites for hydroxylation is 2. The van der Waals surface area contributed by atoms with Crippen molar-refractivity contribution >= 4 is 22.4 Å². The molecule has 3 aromatic rings. The van der Waals surface area contributed by atoms with Crippen LogP contribution in [-0.2, 0) is 17.8 Å². The van der Waals surface area contributed by atoms with E-state index in [1.165, 1.54) is 5.69 Å². The molecule has 0 bridgehead atoms. The molecule has 0 N–H and O–H groups in total. The first-order valence-corrected chi connectivity index (χ1v) is 9.35. The van der Waals surface area contributed by atoms with E-state index in [1.807, 2.05) is 29.8 Å². The van der Waals surface area contributed by atoms with E-state index in [2.05, 4.69) is 40.1 Å². The monoisotopic (exact) mass is 370 g/mol. The van der Waals surface area contributed by atoms with Gasteiger partial charge in [0.05, 0.1) is 30.6 Å². The second kappa shape index (κ2) is 7.35. The van der Waals surface area contributed by atoms with Gasteiger partial charge in [-0.3, -0.25) is 9.58 Å². The first kappa shape index (κ1) is 17.5. The van der Waals surface area contributed by atoms with E-state index in [4.69, 9.17) is 16.3 Å². The Morgan fingerprint density at radius 3 is 2.88 bits per heavy atom. The van der Waals surface area contributed by atoms with Crippen LogP contribution >= 0.6 is 11.6 Å². The fourth-order valence-electron chi connectivity index (χ4n) is 3.61. The second-order valence-corrected chi connectivity index (χ2v) is 7.32. The standard InChI is InChI=1S/C20H23ClN4O/c1-14-9-15(2)25(23-14)13-18-12-24(7-8-26-18)11-17-10-16-5-3-4-6-19(16)20(21)22-17/h3-6,9-10,18H,7-8,11-13H2,1-2H3/t18-/m1/s1. The molecule has 1 fully saturated rings. The van der Waals surface area contributed by atoms with Gasteiger partial charge in [0.15, 0.2) is 0 Å². The van der Waals surface area contributed by atoms with E-state index in [9.17, 15) is 0 Å². The van der Waals surface area contributed by atoms with Crippen LogP contribution in [0, 0.1) is 13.8 Å². The maximum Gasteiger partial charge on any atom is 0.137 e. The summed E-state index contributed by atoms with van der Waals surface area (Å²) < 4.78 is 8.00. The lowest BCUT2D eigenvalue weighted by Crippen LogP contribution is -2.44. The molecule has 5 nitrogen and oxygen atoms in total. The third kappa shape index (κ3) is 3.75. The highest BCUT2D eigenvalue weighted by Crippen LogP contribution is 2.23. The molecule has 0 radical (unpaired) electrons. The molecule has 1 atom stereocenters. The van der Waals surface area contributed by atoms with Crippen molar-refractivity contribution in [1.82, 2.24) is 19.7 Å². The summed E-state index contributed by atoms with van der Waals surface area (Å²) in [5.41, 5.74) is 3.22. The number of ether oxygens (including phenoxy) is 1. The Bertz CT molecular complexity index is 923. The van der Waals surface area contributed by atoms with Crippen molar-refractivity contribution in [3.05, 3.63) is 58.6 Å². The van der Waals surface area contributed by atoms with Gasteiger partial charge < -0.3 is 4.74 Å². The second-order valence-electron chi connectivity index (χ2n) is 6.96. The first-order valence-electron chi connectivity index (χ1n) is 8.97. The molecule has 6 heteroatoms. The van der Waals surface area contributed by atoms with Crippen LogP contribution in [-0.4, -0.2) is 45.5 Å². The maximum absolute atomic E-state index is 6.37. The molecule has 0 unspecified atom stereocenters. The Kier molecular flexibility index (Phi) is 4.94. The highest BCUT2D eigenvalue weighted by molar-refractivity contribution is 6.34. The Balaban J connectivity index is 1.46. The smallest absolute Gasteiger partial charge is 0.137 e. The molecule has 0 amide bonds. The van der Waals surface area contributed by atoms with Crippen LogP contribution in [0.2, 0.25) is 5.15 Å². The minimum absolute atomic E-state index is 0.137. The van der Waals surface area contributed by atoms with Crippen molar-refractivity contribution in [2.24, 2.45) is 0 Å². The normalized spacial score (nSPS) is 18.5. The minimum atomic E-state index is 0.137. The number of benzene rings is 1. The summed E-state index contributed by atoms with van der Waals surface area (Å²) in [5.74, 6) is 0. The molecule has 1 aliphatic heterocycles. The molecule has 0 aliphatic carbocycles. The number of hydrogen-bond donors (Lipinski definition) is 0. The molecule has 3 heterocycles. The molecule has 0 spiro atoms. The molecule has 4 rings (SSSR count). The summed E-state index contributed by atoms with van der Waals surface area (Å²) in [6, 6.07) is 12.3. The highest BCUT2D eigenvalue weighted by Gasteiger charge is 2.22. The molecule has 0 saturated carbocycles. The SMILES string of the molecule is Cc1cc(C)n(C[C@H]2CN(Cc3cc4ccccc4c(Cl)n3)CCO2)n1. The van der Waals surface area contributed by atoms with Crippen LogP contribution < -0.4 is 0 Å². The van der Waals surface area contributed by atoms with E-state index in [-0.39, 0.29) is 6.10 Å². The summed E-state index contributed by atoms with van der Waals surface area (Å²) in [4.78, 5) is 6.97. The van der Waals surface area contributed by atoms with Crippen molar-refractivity contribution in [2.75, 3.05) is 19.7 Å². The van der Waals surface area contributed by atoms with Gasteiger partial charge >= 0.3 is 0 Å². The van der Waals surface area contributed by atoms with Crippen molar-refractivity contribution in [2.45, 2.75) is 33.0 Å². The fraction of sp³-hybridized carbons (Fsp3) is 0.400. The van der Waals surface area contributed by atoms with Crippen molar-refractivity contribution in [1.29, 1.82) is 0 Å². The van der Waals surface area contributed by atoms with Crippen LogP contribution in [0.5, 0.6) is 0 Å². The largest absolute Gasteiger partial charge is 0.374 e. The summed E-state index contributed by atoms with van der Waals surface area (Å²) in [7, 11) is 0. The highest BCUT2D eigenvalue weighted by atomic mass is 35.5. The number of rotatable bonds is 4. The van der Waals surface area contributed by atoms with Gasteiger partial charge in [0.25, 0.3) is 0 Å². The zero-order chi connectivity index (χ0) is 18.1. The first-order chi connectivity index (χ1) is 12.6. The van der Waals surface area contributed by atoms with Crippen LogP contribution in [0.25, 0.3) is 10.8 Å². The Morgan fingerprint density at radius 2 is 2.08 bits per heavy atom. The predicted molar refractivity (Wildman–Crippen MR) is 103 cm³/mol. The van der Waals surface area contributed by atoms with Gasteiger partial charge in [-0.1, -0.05) is 35.9 Å². The zero-order valence-corrected chi connectivity index (χ0v) is 15.9. The third-order valence-corrected chi connectivity index (χ3v) is 5.12. The molecule has 1 aromatic carbocycles. The number of pyridine rings is 1. The molecule has 136 valence electrons. The van der Waals surface area contributed by atoms with Crippen LogP contribution in [0.1, 0.15) is 17.1 Å². The van der Waals surface area contributed by atoms with E-state index >= 15 is 0 Å². The quantitative estimate of drug-likeness (QED) is 0.658. The van der Waals surface area contributed by atoms with E-state index in [0.29, 0.717) is 5.15 Å². The minimum Gasteiger partial charge on any atom is -0.374 e. The average Bonchev–Trinajstić information content (AvgIpc) is 2.92. The summed E-state index contributed by atoms with van der Waals surface area (Å²) in [5, 5.41) is 7.26. The van der Waals surface area contributed by atoms with Gasteiger partial charge in [-0.15, -0.1) is 0 Å². The van der Waals surface area contributed by atoms with Gasteiger partial charge in [-0.2, -0.15) is 5.10 Å². The van der Waals surface area contributed by atoms with Crippen LogP contribution in [0.3, 0.4) is 0 Å². The molecule has 2 aromatic heterocycles. The average molecular weight is 371 g/mol. The molecule has 26 heavy (non-hydrogen) atoms. The van der Waals surface area contributed by atoms with Crippen molar-refractivity contribution < 1.29 is 4.74 Å². The Labute approximate surface area is 158 Å². The summed E-state index contributed by atoms with van der Waals surface area (Å²) >= 11 is 6.37. The van der Waals surface area contributed by atoms with Crippen LogP contribution in [0.4, 0.5) is 0 Å². The predicted octanol–water partition coefficient (Wildman–Crippen LogP) is 3.60. The van der Waals surface area contributed by atoms with Gasteiger partial charge in [0.1, 0.15) is 5.15 Å². The molecule has 1 aliphatic rings. The Morgan fingerprint density at radius 1 is 1.23 bits per heavy atom. The van der Waals surface area contributed by atoms with Crippen LogP contribution in [0.15, 0.2) is 36.4 Å². The lowest BCUT2D eigenvalue weighted by molar-refractivity contribution is -0.0408. The lowest BCUT2D eigenvalue weighted by atomic mass is 10.1. The van der Waals surface area contributed by atoms with E-state index < -0.39 is 0 Å². The number of morpholine rings is 1. The van der Waals surface area contributed by atoms with Gasteiger partial charge in [0.2, 0.25) is 0 Å². The van der Waals surface area contributed by atoms with E-state index in [0.717, 1.165) is 54.9 Å². The van der Waals surface area contributed by atoms with Gasteiger partial charge in [-0.05, 0) is 31.4 Å². The van der Waals surface area contributed by atoms with Crippen molar-refractivity contribution in [3.8, 4) is 0 Å².